The molecule has 0 aliphatic carbocycles. The zero-order valence-corrected chi connectivity index (χ0v) is 7.55. The molecule has 0 aromatic rings. The normalized spacial score (nSPS) is 10.1. The number of hydrogen-bond acceptors (Lipinski definition) is 1. The Labute approximate surface area is 68.8 Å². The Morgan fingerprint density at radius 1 is 1.36 bits per heavy atom. The third kappa shape index (κ3) is 7.04. The van der Waals surface area contributed by atoms with Gasteiger partial charge in [-0.3, -0.25) is 4.79 Å². The summed E-state index contributed by atoms with van der Waals surface area (Å²) >= 11 is 0. The van der Waals surface area contributed by atoms with Crippen molar-refractivity contribution in [2.75, 3.05) is 0 Å². The zero-order chi connectivity index (χ0) is 8.69. The van der Waals surface area contributed by atoms with E-state index in [1.165, 1.54) is 0 Å². The standard InChI is InChI=1S/C10H16O/c1-4-5-6-7-10(11)8-9(2)3/h6-8H,4-5H2,1-3H3/b7-6+. The van der Waals surface area contributed by atoms with E-state index in [1.54, 1.807) is 12.2 Å². The van der Waals surface area contributed by atoms with Crippen LogP contribution in [-0.4, -0.2) is 5.78 Å². The second kappa shape index (κ2) is 5.90. The summed E-state index contributed by atoms with van der Waals surface area (Å²) in [4.78, 5) is 11.0. The number of carbonyl (C=O) groups excluding carboxylic acids is 1. The van der Waals surface area contributed by atoms with E-state index in [-0.39, 0.29) is 5.78 Å². The first-order valence-electron chi connectivity index (χ1n) is 4.02. The molecular formula is C10H16O. The van der Waals surface area contributed by atoms with Crippen molar-refractivity contribution >= 4 is 5.78 Å². The van der Waals surface area contributed by atoms with Crippen LogP contribution < -0.4 is 0 Å². The first-order chi connectivity index (χ1) is 5.16. The summed E-state index contributed by atoms with van der Waals surface area (Å²) in [7, 11) is 0. The summed E-state index contributed by atoms with van der Waals surface area (Å²) in [6.07, 6.45) is 7.28. The molecule has 0 aromatic carbocycles. The second-order valence-electron chi connectivity index (χ2n) is 2.82. The molecule has 0 rings (SSSR count). The predicted molar refractivity (Wildman–Crippen MR) is 48.5 cm³/mol. The monoisotopic (exact) mass is 152 g/mol. The van der Waals surface area contributed by atoms with Gasteiger partial charge >= 0.3 is 0 Å². The molecule has 0 saturated carbocycles. The zero-order valence-electron chi connectivity index (χ0n) is 7.55. The van der Waals surface area contributed by atoms with Crippen LogP contribution in [0.25, 0.3) is 0 Å². The van der Waals surface area contributed by atoms with E-state index in [0.717, 1.165) is 18.4 Å². The van der Waals surface area contributed by atoms with Gasteiger partial charge < -0.3 is 0 Å². The van der Waals surface area contributed by atoms with Crippen molar-refractivity contribution in [3.63, 3.8) is 0 Å². The fourth-order valence-electron chi connectivity index (χ4n) is 0.699. The van der Waals surface area contributed by atoms with E-state index in [9.17, 15) is 4.79 Å². The molecule has 0 aliphatic rings. The Balaban J connectivity index is 3.78. The van der Waals surface area contributed by atoms with Crippen molar-refractivity contribution in [2.24, 2.45) is 0 Å². The SMILES string of the molecule is CCC/C=C/C(=O)C=C(C)C. The van der Waals surface area contributed by atoms with E-state index >= 15 is 0 Å². The van der Waals surface area contributed by atoms with E-state index in [1.807, 2.05) is 19.9 Å². The summed E-state index contributed by atoms with van der Waals surface area (Å²) in [5.74, 6) is 0.0958. The van der Waals surface area contributed by atoms with Gasteiger partial charge in [0.15, 0.2) is 5.78 Å². The molecule has 0 aliphatic heterocycles. The van der Waals surface area contributed by atoms with Gasteiger partial charge in [-0.05, 0) is 32.4 Å². The van der Waals surface area contributed by atoms with Gasteiger partial charge in [0.2, 0.25) is 0 Å². The van der Waals surface area contributed by atoms with Crippen LogP contribution >= 0.6 is 0 Å². The third-order valence-electron chi connectivity index (χ3n) is 1.17. The van der Waals surface area contributed by atoms with Crippen LogP contribution in [0.4, 0.5) is 0 Å². The number of allylic oxidation sites excluding steroid dienone is 4. The Hall–Kier alpha value is -0.850. The van der Waals surface area contributed by atoms with E-state index in [4.69, 9.17) is 0 Å². The fourth-order valence-corrected chi connectivity index (χ4v) is 0.699. The third-order valence-corrected chi connectivity index (χ3v) is 1.17. The van der Waals surface area contributed by atoms with Crippen LogP contribution in [0.2, 0.25) is 0 Å². The van der Waals surface area contributed by atoms with Crippen molar-refractivity contribution in [1.82, 2.24) is 0 Å². The highest BCUT2D eigenvalue weighted by Crippen LogP contribution is 1.93. The Morgan fingerprint density at radius 2 is 2.00 bits per heavy atom. The molecule has 0 amide bonds. The van der Waals surface area contributed by atoms with Gasteiger partial charge in [-0.2, -0.15) is 0 Å². The molecule has 62 valence electrons. The molecule has 0 saturated heterocycles. The van der Waals surface area contributed by atoms with Crippen LogP contribution in [0, 0.1) is 0 Å². The topological polar surface area (TPSA) is 17.1 Å². The van der Waals surface area contributed by atoms with Crippen molar-refractivity contribution in [2.45, 2.75) is 33.6 Å². The number of carbonyl (C=O) groups is 1. The van der Waals surface area contributed by atoms with Gasteiger partial charge in [-0.15, -0.1) is 0 Å². The van der Waals surface area contributed by atoms with E-state index in [2.05, 4.69) is 6.92 Å². The van der Waals surface area contributed by atoms with Crippen LogP contribution in [0.1, 0.15) is 33.6 Å². The lowest BCUT2D eigenvalue weighted by Gasteiger charge is -1.86. The molecule has 0 aromatic heterocycles. The maximum Gasteiger partial charge on any atom is 0.178 e. The molecule has 11 heavy (non-hydrogen) atoms. The molecule has 0 unspecified atom stereocenters. The van der Waals surface area contributed by atoms with Crippen LogP contribution in [0.15, 0.2) is 23.8 Å². The highest BCUT2D eigenvalue weighted by molar-refractivity contribution is 5.99. The predicted octanol–water partition coefficient (Wildman–Crippen LogP) is 2.88. The van der Waals surface area contributed by atoms with Crippen molar-refractivity contribution in [3.05, 3.63) is 23.8 Å². The average Bonchev–Trinajstić information content (AvgIpc) is 1.86. The van der Waals surface area contributed by atoms with Gasteiger partial charge in [0.25, 0.3) is 0 Å². The quantitative estimate of drug-likeness (QED) is 0.566. The highest BCUT2D eigenvalue weighted by Gasteiger charge is 1.87. The van der Waals surface area contributed by atoms with Crippen LogP contribution in [0.5, 0.6) is 0 Å². The van der Waals surface area contributed by atoms with Crippen LogP contribution in [0.3, 0.4) is 0 Å². The lowest BCUT2D eigenvalue weighted by molar-refractivity contribution is -0.110. The highest BCUT2D eigenvalue weighted by atomic mass is 16.1. The lowest BCUT2D eigenvalue weighted by atomic mass is 10.2. The van der Waals surface area contributed by atoms with Crippen molar-refractivity contribution in [1.29, 1.82) is 0 Å². The van der Waals surface area contributed by atoms with Crippen molar-refractivity contribution in [3.8, 4) is 0 Å². The molecular weight excluding hydrogens is 136 g/mol. The molecule has 0 N–H and O–H groups in total. The van der Waals surface area contributed by atoms with Gasteiger partial charge in [0.1, 0.15) is 0 Å². The molecule has 0 radical (unpaired) electrons. The number of rotatable bonds is 4. The molecule has 0 spiro atoms. The first-order valence-corrected chi connectivity index (χ1v) is 4.02. The first kappa shape index (κ1) is 10.2. The number of hydrogen-bond donors (Lipinski definition) is 0. The van der Waals surface area contributed by atoms with Gasteiger partial charge in [0.05, 0.1) is 0 Å². The summed E-state index contributed by atoms with van der Waals surface area (Å²) in [5.41, 5.74) is 1.05. The molecule has 1 nitrogen and oxygen atoms in total. The maximum atomic E-state index is 11.0. The molecule has 1 heteroatoms. The molecule has 0 atom stereocenters. The summed E-state index contributed by atoms with van der Waals surface area (Å²) in [6.45, 7) is 5.94. The molecule has 0 fully saturated rings. The average molecular weight is 152 g/mol. The number of ketones is 1. The summed E-state index contributed by atoms with van der Waals surface area (Å²) < 4.78 is 0. The molecule has 0 heterocycles. The largest absolute Gasteiger partial charge is 0.290 e. The van der Waals surface area contributed by atoms with Gasteiger partial charge in [0, 0.05) is 0 Å². The minimum absolute atomic E-state index is 0.0958. The van der Waals surface area contributed by atoms with E-state index in [0.29, 0.717) is 0 Å². The maximum absolute atomic E-state index is 11.0. The number of unbranched alkanes of at least 4 members (excludes halogenated alkanes) is 1. The van der Waals surface area contributed by atoms with Gasteiger partial charge in [-0.25, -0.2) is 0 Å². The van der Waals surface area contributed by atoms with Crippen LogP contribution in [-0.2, 0) is 4.79 Å². The molecule has 0 bridgehead atoms. The Morgan fingerprint density at radius 3 is 2.45 bits per heavy atom. The fraction of sp³-hybridized carbons (Fsp3) is 0.500. The minimum Gasteiger partial charge on any atom is -0.290 e. The lowest BCUT2D eigenvalue weighted by Crippen LogP contribution is -1.85. The smallest absolute Gasteiger partial charge is 0.178 e. The summed E-state index contributed by atoms with van der Waals surface area (Å²) in [6, 6.07) is 0. The Bertz CT molecular complexity index is 171. The minimum atomic E-state index is 0.0958. The summed E-state index contributed by atoms with van der Waals surface area (Å²) in [5, 5.41) is 0. The Kier molecular flexibility index (Phi) is 5.44. The van der Waals surface area contributed by atoms with E-state index < -0.39 is 0 Å². The van der Waals surface area contributed by atoms with Gasteiger partial charge in [-0.1, -0.05) is 25.0 Å². The second-order valence-corrected chi connectivity index (χ2v) is 2.82. The van der Waals surface area contributed by atoms with Crippen molar-refractivity contribution < 1.29 is 4.79 Å².